The van der Waals surface area contributed by atoms with E-state index in [4.69, 9.17) is 9.47 Å². The first-order valence-corrected chi connectivity index (χ1v) is 7.78. The number of hydrogen-bond acceptors (Lipinski definition) is 4. The van der Waals surface area contributed by atoms with Crippen molar-refractivity contribution in [2.75, 3.05) is 48.5 Å². The van der Waals surface area contributed by atoms with Crippen LogP contribution < -0.4 is 15.4 Å². The summed E-state index contributed by atoms with van der Waals surface area (Å²) in [5.74, 6) is 1.64. The predicted octanol–water partition coefficient (Wildman–Crippen LogP) is 1.50. The molecular formula is C17H30N4O2. The van der Waals surface area contributed by atoms with E-state index in [0.29, 0.717) is 6.61 Å². The van der Waals surface area contributed by atoms with Gasteiger partial charge in [-0.2, -0.15) is 0 Å². The molecule has 6 heteroatoms. The maximum atomic E-state index is 5.22. The van der Waals surface area contributed by atoms with Gasteiger partial charge in [0.2, 0.25) is 0 Å². The summed E-state index contributed by atoms with van der Waals surface area (Å²) >= 11 is 0. The first kappa shape index (κ1) is 19.3. The van der Waals surface area contributed by atoms with Crippen molar-refractivity contribution in [3.63, 3.8) is 0 Å². The van der Waals surface area contributed by atoms with E-state index in [0.717, 1.165) is 18.3 Å². The Morgan fingerprint density at radius 3 is 2.35 bits per heavy atom. The van der Waals surface area contributed by atoms with Crippen LogP contribution in [0.3, 0.4) is 0 Å². The van der Waals surface area contributed by atoms with Gasteiger partial charge < -0.3 is 25.0 Å². The zero-order valence-corrected chi connectivity index (χ0v) is 15.1. The van der Waals surface area contributed by atoms with Gasteiger partial charge in [-0.15, -0.1) is 0 Å². The van der Waals surface area contributed by atoms with Gasteiger partial charge in [-0.05, 0) is 38.7 Å². The highest BCUT2D eigenvalue weighted by atomic mass is 16.5. The van der Waals surface area contributed by atoms with Gasteiger partial charge in [0.25, 0.3) is 0 Å². The van der Waals surface area contributed by atoms with E-state index < -0.39 is 0 Å². The Morgan fingerprint density at radius 1 is 1.22 bits per heavy atom. The predicted molar refractivity (Wildman–Crippen MR) is 95.3 cm³/mol. The van der Waals surface area contributed by atoms with Gasteiger partial charge in [0.15, 0.2) is 5.96 Å². The lowest BCUT2D eigenvalue weighted by molar-refractivity contribution is 0.179. The van der Waals surface area contributed by atoms with E-state index in [1.165, 1.54) is 5.56 Å². The SMILES string of the molecule is CN=C(NCC(c1ccc(OC)cc1)N(C)C)NC(C)COC. The fraction of sp³-hybridized carbons (Fsp3) is 0.588. The second kappa shape index (κ2) is 10.1. The molecule has 0 spiro atoms. The quantitative estimate of drug-likeness (QED) is 0.561. The number of rotatable bonds is 8. The third-order valence-electron chi connectivity index (χ3n) is 3.61. The van der Waals surface area contributed by atoms with Crippen molar-refractivity contribution in [2.24, 2.45) is 4.99 Å². The van der Waals surface area contributed by atoms with E-state index in [-0.39, 0.29) is 12.1 Å². The standard InChI is InChI=1S/C17H30N4O2/c1-13(12-22-5)20-17(18-2)19-11-16(21(3)4)14-7-9-15(23-6)10-8-14/h7-10,13,16H,11-12H2,1-6H3,(H2,18,19,20). The Kier molecular flexibility index (Phi) is 8.43. The van der Waals surface area contributed by atoms with Crippen LogP contribution in [0.15, 0.2) is 29.3 Å². The van der Waals surface area contributed by atoms with Crippen LogP contribution >= 0.6 is 0 Å². The normalized spacial score (nSPS) is 14.5. The number of methoxy groups -OCH3 is 2. The lowest BCUT2D eigenvalue weighted by Crippen LogP contribution is -2.46. The summed E-state index contributed by atoms with van der Waals surface area (Å²) in [5.41, 5.74) is 1.23. The van der Waals surface area contributed by atoms with Gasteiger partial charge in [0.1, 0.15) is 5.75 Å². The molecule has 130 valence electrons. The molecule has 0 aromatic heterocycles. The monoisotopic (exact) mass is 322 g/mol. The van der Waals surface area contributed by atoms with Crippen LogP contribution in [0.4, 0.5) is 0 Å². The van der Waals surface area contributed by atoms with E-state index in [9.17, 15) is 0 Å². The molecule has 1 aromatic rings. The zero-order valence-electron chi connectivity index (χ0n) is 15.1. The Balaban J connectivity index is 2.68. The summed E-state index contributed by atoms with van der Waals surface area (Å²) in [4.78, 5) is 6.44. The lowest BCUT2D eigenvalue weighted by atomic mass is 10.1. The van der Waals surface area contributed by atoms with Gasteiger partial charge in [-0.3, -0.25) is 4.99 Å². The summed E-state index contributed by atoms with van der Waals surface area (Å²) in [5, 5.41) is 6.68. The molecule has 1 rings (SSSR count). The van der Waals surface area contributed by atoms with Crippen molar-refractivity contribution < 1.29 is 9.47 Å². The van der Waals surface area contributed by atoms with E-state index in [1.807, 2.05) is 12.1 Å². The van der Waals surface area contributed by atoms with Gasteiger partial charge >= 0.3 is 0 Å². The molecule has 1 aromatic carbocycles. The molecule has 0 amide bonds. The number of nitrogens with one attached hydrogen (secondary N) is 2. The summed E-state index contributed by atoms with van der Waals surface area (Å²) in [6, 6.07) is 8.59. The van der Waals surface area contributed by atoms with Crippen LogP contribution in [0.25, 0.3) is 0 Å². The molecule has 0 saturated carbocycles. The molecule has 2 atom stereocenters. The number of guanidine groups is 1. The van der Waals surface area contributed by atoms with Crippen molar-refractivity contribution in [1.29, 1.82) is 0 Å². The second-order valence-corrected chi connectivity index (χ2v) is 5.71. The summed E-state index contributed by atoms with van der Waals surface area (Å²) < 4.78 is 10.4. The van der Waals surface area contributed by atoms with Gasteiger partial charge in [-0.1, -0.05) is 12.1 Å². The summed E-state index contributed by atoms with van der Waals surface area (Å²) in [6.45, 7) is 3.44. The molecular weight excluding hydrogens is 292 g/mol. The van der Waals surface area contributed by atoms with Crippen LogP contribution in [0, 0.1) is 0 Å². The van der Waals surface area contributed by atoms with Crippen LogP contribution in [-0.4, -0.2) is 65.4 Å². The van der Waals surface area contributed by atoms with Crippen molar-refractivity contribution in [3.05, 3.63) is 29.8 Å². The molecule has 0 aliphatic rings. The largest absolute Gasteiger partial charge is 0.497 e. The van der Waals surface area contributed by atoms with Crippen LogP contribution in [0.5, 0.6) is 5.75 Å². The number of aliphatic imine (C=N–C) groups is 1. The van der Waals surface area contributed by atoms with E-state index >= 15 is 0 Å². The molecule has 0 saturated heterocycles. The average Bonchev–Trinajstić information content (AvgIpc) is 2.54. The maximum Gasteiger partial charge on any atom is 0.191 e. The summed E-state index contributed by atoms with van der Waals surface area (Å²) in [6.07, 6.45) is 0. The van der Waals surface area contributed by atoms with Crippen molar-refractivity contribution in [3.8, 4) is 5.75 Å². The number of nitrogens with zero attached hydrogens (tertiary/aromatic N) is 2. The minimum Gasteiger partial charge on any atom is -0.497 e. The molecule has 0 aliphatic heterocycles. The van der Waals surface area contributed by atoms with Crippen molar-refractivity contribution >= 4 is 5.96 Å². The molecule has 23 heavy (non-hydrogen) atoms. The molecule has 0 radical (unpaired) electrons. The Morgan fingerprint density at radius 2 is 1.87 bits per heavy atom. The third kappa shape index (κ3) is 6.46. The Labute approximate surface area is 139 Å². The lowest BCUT2D eigenvalue weighted by Gasteiger charge is -2.27. The second-order valence-electron chi connectivity index (χ2n) is 5.71. The van der Waals surface area contributed by atoms with Gasteiger partial charge in [0.05, 0.1) is 19.8 Å². The Hall–Kier alpha value is -1.79. The third-order valence-corrected chi connectivity index (χ3v) is 3.61. The number of ether oxygens (including phenoxy) is 2. The molecule has 2 unspecified atom stereocenters. The van der Waals surface area contributed by atoms with Crippen molar-refractivity contribution in [2.45, 2.75) is 19.0 Å². The molecule has 6 nitrogen and oxygen atoms in total. The molecule has 0 fully saturated rings. The molecule has 0 heterocycles. The average molecular weight is 322 g/mol. The highest BCUT2D eigenvalue weighted by Crippen LogP contribution is 2.20. The molecule has 0 bridgehead atoms. The zero-order chi connectivity index (χ0) is 17.2. The first-order valence-electron chi connectivity index (χ1n) is 7.78. The maximum absolute atomic E-state index is 5.22. The van der Waals surface area contributed by atoms with Crippen LogP contribution in [0.1, 0.15) is 18.5 Å². The molecule has 2 N–H and O–H groups in total. The smallest absolute Gasteiger partial charge is 0.191 e. The minimum absolute atomic E-state index is 0.199. The topological polar surface area (TPSA) is 58.1 Å². The van der Waals surface area contributed by atoms with Crippen molar-refractivity contribution in [1.82, 2.24) is 15.5 Å². The van der Waals surface area contributed by atoms with E-state index in [1.54, 1.807) is 21.3 Å². The Bertz CT molecular complexity index is 474. The molecule has 0 aliphatic carbocycles. The highest BCUT2D eigenvalue weighted by Gasteiger charge is 2.15. The fourth-order valence-corrected chi connectivity index (χ4v) is 2.34. The van der Waals surface area contributed by atoms with Crippen LogP contribution in [-0.2, 0) is 4.74 Å². The number of hydrogen-bond donors (Lipinski definition) is 2. The minimum atomic E-state index is 0.199. The van der Waals surface area contributed by atoms with Crippen LogP contribution in [0.2, 0.25) is 0 Å². The first-order chi connectivity index (χ1) is 11.0. The fourth-order valence-electron chi connectivity index (χ4n) is 2.34. The highest BCUT2D eigenvalue weighted by molar-refractivity contribution is 5.80. The van der Waals surface area contributed by atoms with E-state index in [2.05, 4.69) is 53.7 Å². The number of benzene rings is 1. The number of likely N-dealkylation sites (N-methyl/N-ethyl adjacent to an activating group) is 1. The van der Waals surface area contributed by atoms with Gasteiger partial charge in [0, 0.05) is 26.7 Å². The van der Waals surface area contributed by atoms with Gasteiger partial charge in [-0.25, -0.2) is 0 Å². The summed E-state index contributed by atoms with van der Waals surface area (Å²) in [7, 11) is 9.28.